The van der Waals surface area contributed by atoms with Crippen LogP contribution in [0.5, 0.6) is 0 Å². The average molecular weight is 346 g/mol. The number of anilines is 1. The Morgan fingerprint density at radius 3 is 2.72 bits per heavy atom. The first kappa shape index (κ1) is 17.4. The second kappa shape index (κ2) is 8.13. The van der Waals surface area contributed by atoms with E-state index in [2.05, 4.69) is 22.5 Å². The SMILES string of the molecule is C[C@@H](CNC(=O)Nc1ccc(F)cc1-n1cccc1)N1CCOCC1. The molecule has 0 unspecified atom stereocenters. The maximum Gasteiger partial charge on any atom is 0.319 e. The summed E-state index contributed by atoms with van der Waals surface area (Å²) in [6, 6.07) is 7.91. The number of urea groups is 1. The summed E-state index contributed by atoms with van der Waals surface area (Å²) in [4.78, 5) is 14.5. The number of halogens is 1. The van der Waals surface area contributed by atoms with Crippen molar-refractivity contribution < 1.29 is 13.9 Å². The highest BCUT2D eigenvalue weighted by molar-refractivity contribution is 5.91. The van der Waals surface area contributed by atoms with Gasteiger partial charge in [0, 0.05) is 38.1 Å². The molecule has 0 saturated carbocycles. The van der Waals surface area contributed by atoms with E-state index in [0.717, 1.165) is 26.3 Å². The topological polar surface area (TPSA) is 58.5 Å². The molecule has 134 valence electrons. The van der Waals surface area contributed by atoms with Gasteiger partial charge in [0.2, 0.25) is 0 Å². The van der Waals surface area contributed by atoms with E-state index in [-0.39, 0.29) is 17.9 Å². The summed E-state index contributed by atoms with van der Waals surface area (Å²) in [7, 11) is 0. The minimum Gasteiger partial charge on any atom is -0.379 e. The fraction of sp³-hybridized carbons (Fsp3) is 0.389. The van der Waals surface area contributed by atoms with Crippen LogP contribution < -0.4 is 10.6 Å². The van der Waals surface area contributed by atoms with Gasteiger partial charge in [0.15, 0.2) is 0 Å². The number of carbonyl (C=O) groups is 1. The first-order valence-corrected chi connectivity index (χ1v) is 8.43. The quantitative estimate of drug-likeness (QED) is 0.874. The zero-order chi connectivity index (χ0) is 17.6. The van der Waals surface area contributed by atoms with Crippen LogP contribution in [0, 0.1) is 5.82 Å². The lowest BCUT2D eigenvalue weighted by Crippen LogP contribution is -2.47. The largest absolute Gasteiger partial charge is 0.379 e. The molecule has 1 aliphatic heterocycles. The van der Waals surface area contributed by atoms with Gasteiger partial charge in [-0.05, 0) is 37.3 Å². The molecule has 0 bridgehead atoms. The molecule has 1 fully saturated rings. The molecular weight excluding hydrogens is 323 g/mol. The van der Waals surface area contributed by atoms with E-state index in [1.165, 1.54) is 12.1 Å². The van der Waals surface area contributed by atoms with E-state index >= 15 is 0 Å². The van der Waals surface area contributed by atoms with Gasteiger partial charge in [0.25, 0.3) is 0 Å². The van der Waals surface area contributed by atoms with Gasteiger partial charge in [0.05, 0.1) is 24.6 Å². The Kier molecular flexibility index (Phi) is 5.67. The number of hydrogen-bond donors (Lipinski definition) is 2. The van der Waals surface area contributed by atoms with E-state index in [4.69, 9.17) is 4.74 Å². The van der Waals surface area contributed by atoms with E-state index in [9.17, 15) is 9.18 Å². The molecule has 0 radical (unpaired) electrons. The summed E-state index contributed by atoms with van der Waals surface area (Å²) in [6.45, 7) is 5.82. The van der Waals surface area contributed by atoms with E-state index in [0.29, 0.717) is 17.9 Å². The number of rotatable bonds is 5. The molecule has 1 aromatic heterocycles. The van der Waals surface area contributed by atoms with Gasteiger partial charge in [0.1, 0.15) is 5.82 Å². The molecule has 2 heterocycles. The number of benzene rings is 1. The summed E-state index contributed by atoms with van der Waals surface area (Å²) in [5.74, 6) is -0.351. The molecule has 1 saturated heterocycles. The van der Waals surface area contributed by atoms with Crippen LogP contribution in [-0.2, 0) is 4.74 Å². The molecule has 7 heteroatoms. The van der Waals surface area contributed by atoms with Crippen LogP contribution in [0.25, 0.3) is 5.69 Å². The Balaban J connectivity index is 1.59. The third-order valence-corrected chi connectivity index (χ3v) is 4.32. The van der Waals surface area contributed by atoms with Crippen molar-refractivity contribution in [2.45, 2.75) is 13.0 Å². The van der Waals surface area contributed by atoms with Gasteiger partial charge >= 0.3 is 6.03 Å². The predicted molar refractivity (Wildman–Crippen MR) is 94.6 cm³/mol. The van der Waals surface area contributed by atoms with Gasteiger partial charge in [-0.2, -0.15) is 0 Å². The number of morpholine rings is 1. The highest BCUT2D eigenvalue weighted by Gasteiger charge is 2.17. The number of nitrogens with one attached hydrogen (secondary N) is 2. The predicted octanol–water partition coefficient (Wildman–Crippen LogP) is 2.46. The van der Waals surface area contributed by atoms with Crippen molar-refractivity contribution >= 4 is 11.7 Å². The molecule has 1 aromatic carbocycles. The lowest BCUT2D eigenvalue weighted by molar-refractivity contribution is 0.0209. The molecule has 2 N–H and O–H groups in total. The minimum atomic E-state index is -0.351. The first-order valence-electron chi connectivity index (χ1n) is 8.43. The highest BCUT2D eigenvalue weighted by atomic mass is 19.1. The van der Waals surface area contributed by atoms with Crippen LogP contribution in [0.3, 0.4) is 0 Å². The molecule has 0 spiro atoms. The molecule has 2 amide bonds. The second-order valence-corrected chi connectivity index (χ2v) is 6.08. The smallest absolute Gasteiger partial charge is 0.319 e. The van der Waals surface area contributed by atoms with Gasteiger partial charge < -0.3 is 19.9 Å². The molecule has 2 aromatic rings. The summed E-state index contributed by atoms with van der Waals surface area (Å²) in [5.41, 5.74) is 1.13. The standard InChI is InChI=1S/C18H23FN4O2/c1-14(22-8-10-25-11-9-22)13-20-18(24)21-16-5-4-15(19)12-17(16)23-6-2-3-7-23/h2-7,12,14H,8-11,13H2,1H3,(H2,20,21,24)/t14-/m0/s1. The third-order valence-electron chi connectivity index (χ3n) is 4.32. The second-order valence-electron chi connectivity index (χ2n) is 6.08. The molecule has 0 aliphatic carbocycles. The minimum absolute atomic E-state index is 0.229. The van der Waals surface area contributed by atoms with Crippen molar-refractivity contribution in [2.24, 2.45) is 0 Å². The van der Waals surface area contributed by atoms with Gasteiger partial charge in [-0.25, -0.2) is 9.18 Å². The van der Waals surface area contributed by atoms with Crippen molar-refractivity contribution in [1.29, 1.82) is 0 Å². The van der Waals surface area contributed by atoms with Crippen LogP contribution in [-0.4, -0.2) is 54.4 Å². The number of hydrogen-bond acceptors (Lipinski definition) is 3. The summed E-state index contributed by atoms with van der Waals surface area (Å²) >= 11 is 0. The zero-order valence-corrected chi connectivity index (χ0v) is 14.2. The maximum absolute atomic E-state index is 13.6. The molecule has 25 heavy (non-hydrogen) atoms. The highest BCUT2D eigenvalue weighted by Crippen LogP contribution is 2.21. The Morgan fingerprint density at radius 1 is 1.28 bits per heavy atom. The number of amides is 2. The molecule has 1 aliphatic rings. The Labute approximate surface area is 146 Å². The monoisotopic (exact) mass is 346 g/mol. The first-order chi connectivity index (χ1) is 12.1. The van der Waals surface area contributed by atoms with Crippen molar-refractivity contribution in [1.82, 2.24) is 14.8 Å². The van der Waals surface area contributed by atoms with Gasteiger partial charge in [-0.1, -0.05) is 0 Å². The Hall–Kier alpha value is -2.38. The summed E-state index contributed by atoms with van der Waals surface area (Å²) in [5, 5.41) is 5.68. The van der Waals surface area contributed by atoms with Gasteiger partial charge in [-0.3, -0.25) is 4.90 Å². The Morgan fingerprint density at radius 2 is 2.00 bits per heavy atom. The number of nitrogens with zero attached hydrogens (tertiary/aromatic N) is 2. The molecular formula is C18H23FN4O2. The maximum atomic E-state index is 13.6. The fourth-order valence-corrected chi connectivity index (χ4v) is 2.87. The van der Waals surface area contributed by atoms with Crippen molar-refractivity contribution in [3.63, 3.8) is 0 Å². The van der Waals surface area contributed by atoms with E-state index in [1.54, 1.807) is 23.0 Å². The van der Waals surface area contributed by atoms with Crippen molar-refractivity contribution in [3.8, 4) is 5.69 Å². The molecule has 1 atom stereocenters. The third kappa shape index (κ3) is 4.58. The number of ether oxygens (including phenoxy) is 1. The molecule has 6 nitrogen and oxygen atoms in total. The van der Waals surface area contributed by atoms with E-state index < -0.39 is 0 Å². The fourth-order valence-electron chi connectivity index (χ4n) is 2.87. The summed E-state index contributed by atoms with van der Waals surface area (Å²) in [6.07, 6.45) is 3.61. The lowest BCUT2D eigenvalue weighted by atomic mass is 10.2. The zero-order valence-electron chi connectivity index (χ0n) is 14.2. The number of aromatic nitrogens is 1. The van der Waals surface area contributed by atoms with Gasteiger partial charge in [-0.15, -0.1) is 0 Å². The Bertz CT molecular complexity index is 699. The molecule has 3 rings (SSSR count). The van der Waals surface area contributed by atoms with Crippen LogP contribution in [0.15, 0.2) is 42.7 Å². The van der Waals surface area contributed by atoms with Crippen molar-refractivity contribution in [2.75, 3.05) is 38.2 Å². The normalized spacial score (nSPS) is 16.4. The lowest BCUT2D eigenvalue weighted by Gasteiger charge is -2.32. The van der Waals surface area contributed by atoms with Crippen molar-refractivity contribution in [3.05, 3.63) is 48.5 Å². The van der Waals surface area contributed by atoms with Crippen LogP contribution in [0.2, 0.25) is 0 Å². The average Bonchev–Trinajstić information content (AvgIpc) is 3.16. The number of carbonyl (C=O) groups excluding carboxylic acids is 1. The van der Waals surface area contributed by atoms with Crippen LogP contribution in [0.1, 0.15) is 6.92 Å². The van der Waals surface area contributed by atoms with Crippen LogP contribution >= 0.6 is 0 Å². The van der Waals surface area contributed by atoms with Crippen LogP contribution in [0.4, 0.5) is 14.9 Å². The summed E-state index contributed by atoms with van der Waals surface area (Å²) < 4.78 is 20.7. The van der Waals surface area contributed by atoms with E-state index in [1.807, 2.05) is 12.1 Å².